The molecule has 0 fully saturated rings. The zero-order valence-electron chi connectivity index (χ0n) is 21.8. The zero-order chi connectivity index (χ0) is 26.5. The molecule has 0 aliphatic rings. The van der Waals surface area contributed by atoms with Crippen LogP contribution in [0.3, 0.4) is 0 Å². The third kappa shape index (κ3) is 3.65. The summed E-state index contributed by atoms with van der Waals surface area (Å²) in [5.74, 6) is 0. The van der Waals surface area contributed by atoms with Crippen LogP contribution in [0, 0.1) is 0 Å². The van der Waals surface area contributed by atoms with Crippen molar-refractivity contribution in [1.29, 1.82) is 0 Å². The monoisotopic (exact) mass is 511 g/mol. The Kier molecular flexibility index (Phi) is 5.17. The minimum Gasteiger partial charge on any atom is -0.456 e. The van der Waals surface area contributed by atoms with Gasteiger partial charge in [-0.3, -0.25) is 0 Å². The highest BCUT2D eigenvalue weighted by molar-refractivity contribution is 6.19. The van der Waals surface area contributed by atoms with Gasteiger partial charge in [-0.2, -0.15) is 0 Å². The minimum atomic E-state index is 0.923. The molecule has 188 valence electrons. The Balaban J connectivity index is 1.30. The van der Waals surface area contributed by atoms with Crippen molar-refractivity contribution in [2.24, 2.45) is 0 Å². The highest BCUT2D eigenvalue weighted by Gasteiger charge is 2.15. The normalized spacial score (nSPS) is 11.5. The van der Waals surface area contributed by atoms with Crippen LogP contribution in [0.25, 0.3) is 54.6 Å². The lowest BCUT2D eigenvalue weighted by Gasteiger charge is -2.25. The van der Waals surface area contributed by atoms with Gasteiger partial charge < -0.3 is 9.32 Å². The van der Waals surface area contributed by atoms with E-state index in [1.165, 1.54) is 32.7 Å². The van der Waals surface area contributed by atoms with Crippen LogP contribution < -0.4 is 4.90 Å². The summed E-state index contributed by atoms with van der Waals surface area (Å²) in [6.45, 7) is 0. The maximum Gasteiger partial charge on any atom is 0.136 e. The highest BCUT2D eigenvalue weighted by atomic mass is 16.3. The van der Waals surface area contributed by atoms with Gasteiger partial charge in [-0.1, -0.05) is 91.0 Å². The largest absolute Gasteiger partial charge is 0.456 e. The third-order valence-corrected chi connectivity index (χ3v) is 7.82. The summed E-state index contributed by atoms with van der Waals surface area (Å²) in [7, 11) is 0. The SMILES string of the molecule is c1ccc(N(c2ccccc2)c2ccc(-c3cc4cc5oc6ccccc6c5cc4c4ccccc34)cc2)cc1. The van der Waals surface area contributed by atoms with E-state index < -0.39 is 0 Å². The number of anilines is 3. The molecule has 1 aromatic heterocycles. The second-order valence-electron chi connectivity index (χ2n) is 10.2. The van der Waals surface area contributed by atoms with E-state index in [1.54, 1.807) is 0 Å². The molecule has 0 radical (unpaired) electrons. The Morgan fingerprint density at radius 1 is 0.375 bits per heavy atom. The third-order valence-electron chi connectivity index (χ3n) is 7.82. The van der Waals surface area contributed by atoms with E-state index in [-0.39, 0.29) is 0 Å². The summed E-state index contributed by atoms with van der Waals surface area (Å²) < 4.78 is 6.24. The van der Waals surface area contributed by atoms with Crippen molar-refractivity contribution in [3.8, 4) is 11.1 Å². The molecule has 0 bridgehead atoms. The van der Waals surface area contributed by atoms with E-state index in [9.17, 15) is 0 Å². The number of furan rings is 1. The Bertz CT molecular complexity index is 2100. The minimum absolute atomic E-state index is 0.923. The molecule has 0 spiro atoms. The van der Waals surface area contributed by atoms with Crippen molar-refractivity contribution < 1.29 is 4.42 Å². The Morgan fingerprint density at radius 3 is 1.65 bits per heavy atom. The molecule has 2 heteroatoms. The maximum atomic E-state index is 6.24. The summed E-state index contributed by atoms with van der Waals surface area (Å²) >= 11 is 0. The van der Waals surface area contributed by atoms with Gasteiger partial charge in [0, 0.05) is 27.8 Å². The van der Waals surface area contributed by atoms with Crippen molar-refractivity contribution in [3.05, 3.63) is 152 Å². The molecule has 40 heavy (non-hydrogen) atoms. The van der Waals surface area contributed by atoms with Crippen LogP contribution >= 0.6 is 0 Å². The number of para-hydroxylation sites is 3. The van der Waals surface area contributed by atoms with Crippen LogP contribution in [0.4, 0.5) is 17.1 Å². The standard InChI is InChI=1S/C38H25NO/c1-3-11-28(12-4-1)39(29-13-5-2-6-14-29)30-21-19-26(20-22-30)34-23-27-24-38-36(33-17-9-10-18-37(33)40-38)25-35(27)32-16-8-7-15-31(32)34/h1-25H. The lowest BCUT2D eigenvalue weighted by Crippen LogP contribution is -2.09. The van der Waals surface area contributed by atoms with Crippen LogP contribution in [-0.4, -0.2) is 0 Å². The van der Waals surface area contributed by atoms with Crippen molar-refractivity contribution in [1.82, 2.24) is 0 Å². The Morgan fingerprint density at radius 2 is 0.950 bits per heavy atom. The van der Waals surface area contributed by atoms with Crippen molar-refractivity contribution >= 4 is 60.5 Å². The average molecular weight is 512 g/mol. The van der Waals surface area contributed by atoms with Crippen LogP contribution in [0.2, 0.25) is 0 Å². The Hall–Kier alpha value is -5.34. The molecule has 0 N–H and O–H groups in total. The van der Waals surface area contributed by atoms with Gasteiger partial charge in [0.15, 0.2) is 0 Å². The molecule has 0 atom stereocenters. The number of benzene rings is 7. The topological polar surface area (TPSA) is 16.4 Å². The predicted octanol–water partition coefficient (Wildman–Crippen LogP) is 11.0. The fourth-order valence-corrected chi connectivity index (χ4v) is 5.96. The summed E-state index contributed by atoms with van der Waals surface area (Å²) in [6, 6.07) is 53.8. The van der Waals surface area contributed by atoms with Crippen LogP contribution in [0.1, 0.15) is 0 Å². The molecule has 8 aromatic rings. The zero-order valence-corrected chi connectivity index (χ0v) is 21.8. The van der Waals surface area contributed by atoms with Crippen LogP contribution in [0.15, 0.2) is 156 Å². The van der Waals surface area contributed by atoms with Crippen molar-refractivity contribution in [3.63, 3.8) is 0 Å². The molecule has 0 saturated carbocycles. The van der Waals surface area contributed by atoms with Gasteiger partial charge in [-0.15, -0.1) is 0 Å². The fourth-order valence-electron chi connectivity index (χ4n) is 5.96. The van der Waals surface area contributed by atoms with Crippen LogP contribution in [-0.2, 0) is 0 Å². The maximum absolute atomic E-state index is 6.24. The fraction of sp³-hybridized carbons (Fsp3) is 0. The Labute approximate surface area is 232 Å². The first kappa shape index (κ1) is 22.6. The van der Waals surface area contributed by atoms with Gasteiger partial charge in [-0.25, -0.2) is 0 Å². The summed E-state index contributed by atoms with van der Waals surface area (Å²) in [4.78, 5) is 2.29. The van der Waals surface area contributed by atoms with Gasteiger partial charge >= 0.3 is 0 Å². The van der Waals surface area contributed by atoms with Gasteiger partial charge in [-0.05, 0) is 93.3 Å². The van der Waals surface area contributed by atoms with E-state index >= 15 is 0 Å². The molecule has 0 aliphatic heterocycles. The molecule has 0 saturated heterocycles. The van der Waals surface area contributed by atoms with E-state index in [4.69, 9.17) is 4.42 Å². The lowest BCUT2D eigenvalue weighted by atomic mass is 9.92. The molecule has 0 amide bonds. The second kappa shape index (κ2) is 9.14. The van der Waals surface area contributed by atoms with Gasteiger partial charge in [0.1, 0.15) is 11.2 Å². The highest BCUT2D eigenvalue weighted by Crippen LogP contribution is 2.40. The van der Waals surface area contributed by atoms with Crippen molar-refractivity contribution in [2.45, 2.75) is 0 Å². The van der Waals surface area contributed by atoms with Gasteiger partial charge in [0.2, 0.25) is 0 Å². The molecule has 1 heterocycles. The number of fused-ring (bicyclic) bond motifs is 6. The molecule has 7 aromatic carbocycles. The van der Waals surface area contributed by atoms with Gasteiger partial charge in [0.05, 0.1) is 0 Å². The van der Waals surface area contributed by atoms with Crippen LogP contribution in [0.5, 0.6) is 0 Å². The molecule has 0 unspecified atom stereocenters. The first-order valence-electron chi connectivity index (χ1n) is 13.6. The first-order valence-corrected chi connectivity index (χ1v) is 13.6. The van der Waals surface area contributed by atoms with Gasteiger partial charge in [0.25, 0.3) is 0 Å². The number of hydrogen-bond acceptors (Lipinski definition) is 2. The van der Waals surface area contributed by atoms with Crippen molar-refractivity contribution in [2.75, 3.05) is 4.90 Å². The average Bonchev–Trinajstić information content (AvgIpc) is 3.39. The quantitative estimate of drug-likeness (QED) is 0.218. The smallest absolute Gasteiger partial charge is 0.136 e. The van der Waals surface area contributed by atoms with E-state index in [2.05, 4.69) is 144 Å². The second-order valence-corrected chi connectivity index (χ2v) is 10.2. The molecule has 2 nitrogen and oxygen atoms in total. The number of nitrogens with zero attached hydrogens (tertiary/aromatic N) is 1. The molecular formula is C38H25NO. The number of hydrogen-bond donors (Lipinski definition) is 0. The first-order chi connectivity index (χ1) is 19.8. The number of rotatable bonds is 4. The summed E-state index contributed by atoms with van der Waals surface area (Å²) in [5, 5.41) is 7.24. The van der Waals surface area contributed by atoms with E-state index in [0.29, 0.717) is 0 Å². The molecule has 8 rings (SSSR count). The lowest BCUT2D eigenvalue weighted by molar-refractivity contribution is 0.669. The summed E-state index contributed by atoms with van der Waals surface area (Å²) in [6.07, 6.45) is 0. The van der Waals surface area contributed by atoms with E-state index in [0.717, 1.165) is 39.0 Å². The van der Waals surface area contributed by atoms with E-state index in [1.807, 2.05) is 12.1 Å². The predicted molar refractivity (Wildman–Crippen MR) is 169 cm³/mol. The summed E-state index contributed by atoms with van der Waals surface area (Å²) in [5.41, 5.74) is 7.64. The molecular weight excluding hydrogens is 486 g/mol. The molecule has 0 aliphatic carbocycles.